The molecule has 0 aliphatic rings. The lowest BCUT2D eigenvalue weighted by Gasteiger charge is -2.04. The first-order chi connectivity index (χ1) is 9.56. The second-order valence-electron chi connectivity index (χ2n) is 4.12. The molecule has 0 amide bonds. The zero-order valence-electron chi connectivity index (χ0n) is 10.7. The van der Waals surface area contributed by atoms with Crippen LogP contribution >= 0.6 is 11.8 Å². The van der Waals surface area contributed by atoms with E-state index in [1.54, 1.807) is 24.9 Å². The number of nitrogens with zero attached hydrogens (tertiary/aromatic N) is 5. The molecule has 2 N–H and O–H groups in total. The lowest BCUT2D eigenvalue weighted by Crippen LogP contribution is -2.02. The zero-order valence-corrected chi connectivity index (χ0v) is 11.5. The Kier molecular flexibility index (Phi) is 2.90. The Morgan fingerprint density at radius 3 is 2.90 bits per heavy atom. The van der Waals surface area contributed by atoms with E-state index in [9.17, 15) is 9.90 Å². The number of rotatable bonds is 3. The Hall–Kier alpha value is -2.42. The van der Waals surface area contributed by atoms with Gasteiger partial charge < -0.3 is 5.11 Å². The van der Waals surface area contributed by atoms with Crippen molar-refractivity contribution in [3.63, 3.8) is 0 Å². The minimum absolute atomic E-state index is 0.109. The van der Waals surface area contributed by atoms with E-state index in [0.29, 0.717) is 26.9 Å². The quantitative estimate of drug-likeness (QED) is 0.746. The minimum atomic E-state index is -1.04. The van der Waals surface area contributed by atoms with Crippen molar-refractivity contribution in [2.75, 3.05) is 0 Å². The highest BCUT2D eigenvalue weighted by molar-refractivity contribution is 7.99. The van der Waals surface area contributed by atoms with Gasteiger partial charge in [-0.3, -0.25) is 9.78 Å². The molecule has 3 aromatic rings. The maximum absolute atomic E-state index is 11.3. The van der Waals surface area contributed by atoms with E-state index in [2.05, 4.69) is 25.3 Å². The Bertz CT molecular complexity index is 808. The summed E-state index contributed by atoms with van der Waals surface area (Å²) in [5.41, 5.74) is 0.725. The molecule has 0 saturated carbocycles. The van der Waals surface area contributed by atoms with Gasteiger partial charge in [-0.1, -0.05) is 0 Å². The molecule has 0 fully saturated rings. The van der Waals surface area contributed by atoms with Crippen molar-refractivity contribution in [2.45, 2.75) is 17.0 Å². The number of carboxylic acids is 1. The summed E-state index contributed by atoms with van der Waals surface area (Å²) in [5, 5.41) is 21.3. The lowest BCUT2D eigenvalue weighted by atomic mass is 10.2. The van der Waals surface area contributed by atoms with Gasteiger partial charge in [0.1, 0.15) is 5.82 Å². The highest BCUT2D eigenvalue weighted by Gasteiger charge is 2.19. The molecule has 0 atom stereocenters. The number of fused-ring (bicyclic) bond motifs is 1. The SMILES string of the molecule is Cc1nc(Sc2c(C(=O)O)cnc3c2cnn3C)n[nH]1. The van der Waals surface area contributed by atoms with Gasteiger partial charge in [0, 0.05) is 18.1 Å². The summed E-state index contributed by atoms with van der Waals surface area (Å²) in [7, 11) is 1.75. The van der Waals surface area contributed by atoms with Crippen molar-refractivity contribution in [3.8, 4) is 0 Å². The molecule has 0 spiro atoms. The van der Waals surface area contributed by atoms with Crippen molar-refractivity contribution >= 4 is 28.8 Å². The van der Waals surface area contributed by atoms with Crippen LogP contribution in [0.25, 0.3) is 11.0 Å². The Morgan fingerprint density at radius 1 is 1.45 bits per heavy atom. The van der Waals surface area contributed by atoms with Gasteiger partial charge in [0.2, 0.25) is 5.16 Å². The predicted molar refractivity (Wildman–Crippen MR) is 70.7 cm³/mol. The molecule has 0 bridgehead atoms. The van der Waals surface area contributed by atoms with Crippen LogP contribution in [-0.4, -0.2) is 41.0 Å². The summed E-state index contributed by atoms with van der Waals surface area (Å²) in [6.45, 7) is 1.78. The number of aromatic amines is 1. The second kappa shape index (κ2) is 4.60. The van der Waals surface area contributed by atoms with Crippen molar-refractivity contribution in [2.24, 2.45) is 7.05 Å². The number of pyridine rings is 1. The van der Waals surface area contributed by atoms with Gasteiger partial charge in [0.25, 0.3) is 0 Å². The monoisotopic (exact) mass is 290 g/mol. The Balaban J connectivity index is 2.19. The Morgan fingerprint density at radius 2 is 2.25 bits per heavy atom. The van der Waals surface area contributed by atoms with E-state index in [1.165, 1.54) is 18.0 Å². The van der Waals surface area contributed by atoms with Crippen LogP contribution in [0.3, 0.4) is 0 Å². The minimum Gasteiger partial charge on any atom is -0.478 e. The summed E-state index contributed by atoms with van der Waals surface area (Å²) in [4.78, 5) is 20.2. The number of aromatic carboxylic acids is 1. The van der Waals surface area contributed by atoms with Gasteiger partial charge >= 0.3 is 5.97 Å². The summed E-state index contributed by atoms with van der Waals surface area (Å²) in [6.07, 6.45) is 2.92. The molecular weight excluding hydrogens is 280 g/mol. The van der Waals surface area contributed by atoms with E-state index in [4.69, 9.17) is 0 Å². The molecule has 3 heterocycles. The highest BCUT2D eigenvalue weighted by atomic mass is 32.2. The fraction of sp³-hybridized carbons (Fsp3) is 0.182. The maximum Gasteiger partial charge on any atom is 0.338 e. The van der Waals surface area contributed by atoms with Crippen molar-refractivity contribution in [1.29, 1.82) is 0 Å². The van der Waals surface area contributed by atoms with Gasteiger partial charge in [-0.2, -0.15) is 5.10 Å². The van der Waals surface area contributed by atoms with Crippen LogP contribution in [0.5, 0.6) is 0 Å². The zero-order chi connectivity index (χ0) is 14.3. The van der Waals surface area contributed by atoms with Gasteiger partial charge in [0.05, 0.1) is 17.1 Å². The molecule has 8 nitrogen and oxygen atoms in total. The number of carboxylic acid groups (broad SMARTS) is 1. The third-order valence-corrected chi connectivity index (χ3v) is 3.72. The third-order valence-electron chi connectivity index (χ3n) is 2.71. The summed E-state index contributed by atoms with van der Waals surface area (Å²) >= 11 is 1.18. The number of carbonyl (C=O) groups is 1. The Labute approximate surface area is 117 Å². The summed E-state index contributed by atoms with van der Waals surface area (Å²) in [5.74, 6) is -0.376. The molecule has 0 aliphatic carbocycles. The first-order valence-corrected chi connectivity index (χ1v) is 6.49. The number of H-pyrrole nitrogens is 1. The standard InChI is InChI=1S/C11H10N6O2S/c1-5-14-11(16-15-5)20-8-6-4-13-17(2)9(6)12-3-7(8)10(18)19/h3-4H,1-2H3,(H,18,19)(H,14,15,16). The van der Waals surface area contributed by atoms with Crippen LogP contribution in [0, 0.1) is 6.92 Å². The lowest BCUT2D eigenvalue weighted by molar-refractivity contribution is 0.0693. The average Bonchev–Trinajstić information content (AvgIpc) is 2.97. The maximum atomic E-state index is 11.3. The molecule has 102 valence electrons. The topological polar surface area (TPSA) is 110 Å². The summed E-state index contributed by atoms with van der Waals surface area (Å²) < 4.78 is 1.59. The van der Waals surface area contributed by atoms with Crippen LogP contribution in [0.2, 0.25) is 0 Å². The van der Waals surface area contributed by atoms with Gasteiger partial charge in [-0.15, -0.1) is 5.10 Å². The van der Waals surface area contributed by atoms with Crippen molar-refractivity contribution in [1.82, 2.24) is 29.9 Å². The van der Waals surface area contributed by atoms with E-state index < -0.39 is 5.97 Å². The van der Waals surface area contributed by atoms with Crippen LogP contribution in [0.4, 0.5) is 0 Å². The first-order valence-electron chi connectivity index (χ1n) is 5.67. The van der Waals surface area contributed by atoms with Gasteiger partial charge in [0.15, 0.2) is 5.65 Å². The van der Waals surface area contributed by atoms with Crippen LogP contribution in [-0.2, 0) is 7.05 Å². The molecule has 0 radical (unpaired) electrons. The molecule has 0 aromatic carbocycles. The number of aryl methyl sites for hydroxylation is 2. The number of nitrogens with one attached hydrogen (secondary N) is 1. The van der Waals surface area contributed by atoms with Crippen molar-refractivity contribution in [3.05, 3.63) is 23.8 Å². The van der Waals surface area contributed by atoms with Gasteiger partial charge in [-0.25, -0.2) is 14.8 Å². The fourth-order valence-corrected chi connectivity index (χ4v) is 2.76. The fourth-order valence-electron chi connectivity index (χ4n) is 1.80. The van der Waals surface area contributed by atoms with E-state index >= 15 is 0 Å². The molecular formula is C11H10N6O2S. The first kappa shape index (κ1) is 12.6. The molecule has 9 heteroatoms. The van der Waals surface area contributed by atoms with E-state index in [0.717, 1.165) is 0 Å². The van der Waals surface area contributed by atoms with E-state index in [1.807, 2.05) is 0 Å². The molecule has 20 heavy (non-hydrogen) atoms. The number of aromatic nitrogens is 6. The number of hydrogen-bond acceptors (Lipinski definition) is 6. The van der Waals surface area contributed by atoms with Crippen molar-refractivity contribution < 1.29 is 9.90 Å². The van der Waals surface area contributed by atoms with Crippen LogP contribution < -0.4 is 0 Å². The number of hydrogen-bond donors (Lipinski definition) is 2. The predicted octanol–water partition coefficient (Wildman–Crippen LogP) is 1.24. The largest absolute Gasteiger partial charge is 0.478 e. The second-order valence-corrected chi connectivity index (χ2v) is 5.09. The normalized spacial score (nSPS) is 11.1. The van der Waals surface area contributed by atoms with Crippen LogP contribution in [0.1, 0.15) is 16.2 Å². The van der Waals surface area contributed by atoms with Crippen LogP contribution in [0.15, 0.2) is 22.4 Å². The molecule has 0 aliphatic heterocycles. The molecule has 3 aromatic heterocycles. The highest BCUT2D eigenvalue weighted by Crippen LogP contribution is 2.33. The molecule has 0 unspecified atom stereocenters. The molecule has 0 saturated heterocycles. The van der Waals surface area contributed by atoms with Gasteiger partial charge in [-0.05, 0) is 18.7 Å². The summed E-state index contributed by atoms with van der Waals surface area (Å²) in [6, 6.07) is 0. The third kappa shape index (κ3) is 2.01. The van der Waals surface area contributed by atoms with E-state index in [-0.39, 0.29) is 5.56 Å². The smallest absolute Gasteiger partial charge is 0.338 e. The molecule has 3 rings (SSSR count). The average molecular weight is 290 g/mol.